The Bertz CT molecular complexity index is 863. The standard InChI is InChI=1S/C16H15F2N3O3S/c17-13-8-12(9-14(18)10-13)16(22)20-4-6-21(7-5-20)25(23,24)15-2-1-3-19-11-15/h1-3,8-11H,4-7H2. The van der Waals surface area contributed by atoms with Gasteiger partial charge in [-0.05, 0) is 24.3 Å². The van der Waals surface area contributed by atoms with Crippen LogP contribution in [0.25, 0.3) is 0 Å². The number of halogens is 2. The van der Waals surface area contributed by atoms with E-state index in [2.05, 4.69) is 4.98 Å². The lowest BCUT2D eigenvalue weighted by Crippen LogP contribution is -2.50. The topological polar surface area (TPSA) is 70.6 Å². The van der Waals surface area contributed by atoms with Gasteiger partial charge in [-0.25, -0.2) is 17.2 Å². The fourth-order valence-corrected chi connectivity index (χ4v) is 4.03. The van der Waals surface area contributed by atoms with E-state index >= 15 is 0 Å². The zero-order valence-corrected chi connectivity index (χ0v) is 13.9. The van der Waals surface area contributed by atoms with E-state index in [-0.39, 0.29) is 36.6 Å². The van der Waals surface area contributed by atoms with Gasteiger partial charge in [-0.3, -0.25) is 9.78 Å². The van der Waals surface area contributed by atoms with Crippen molar-refractivity contribution < 1.29 is 22.0 Å². The fraction of sp³-hybridized carbons (Fsp3) is 0.250. The summed E-state index contributed by atoms with van der Waals surface area (Å²) in [6.07, 6.45) is 2.75. The molecular weight excluding hydrogens is 352 g/mol. The monoisotopic (exact) mass is 367 g/mol. The lowest BCUT2D eigenvalue weighted by atomic mass is 10.1. The van der Waals surface area contributed by atoms with Crippen LogP contribution in [0.1, 0.15) is 10.4 Å². The van der Waals surface area contributed by atoms with Crippen LogP contribution in [0.5, 0.6) is 0 Å². The summed E-state index contributed by atoms with van der Waals surface area (Å²) in [6.45, 7) is 0.467. The highest BCUT2D eigenvalue weighted by atomic mass is 32.2. The molecule has 0 N–H and O–H groups in total. The molecule has 1 aliphatic rings. The van der Waals surface area contributed by atoms with E-state index in [4.69, 9.17) is 0 Å². The molecule has 0 radical (unpaired) electrons. The van der Waals surface area contributed by atoms with Gasteiger partial charge in [0, 0.05) is 50.2 Å². The molecule has 1 fully saturated rings. The maximum atomic E-state index is 13.3. The minimum atomic E-state index is -3.68. The van der Waals surface area contributed by atoms with E-state index < -0.39 is 27.6 Å². The van der Waals surface area contributed by atoms with Crippen molar-refractivity contribution in [3.8, 4) is 0 Å². The van der Waals surface area contributed by atoms with Crippen LogP contribution in [-0.4, -0.2) is 54.7 Å². The van der Waals surface area contributed by atoms with Crippen molar-refractivity contribution in [2.24, 2.45) is 0 Å². The van der Waals surface area contributed by atoms with Gasteiger partial charge in [-0.15, -0.1) is 0 Å². The molecule has 1 saturated heterocycles. The summed E-state index contributed by atoms with van der Waals surface area (Å²) in [7, 11) is -3.68. The molecule has 9 heteroatoms. The van der Waals surface area contributed by atoms with Crippen LogP contribution in [0.15, 0.2) is 47.6 Å². The van der Waals surface area contributed by atoms with Gasteiger partial charge in [0.05, 0.1) is 0 Å². The van der Waals surface area contributed by atoms with Gasteiger partial charge >= 0.3 is 0 Å². The first-order valence-corrected chi connectivity index (χ1v) is 8.97. The average molecular weight is 367 g/mol. The SMILES string of the molecule is O=C(c1cc(F)cc(F)c1)N1CCN(S(=O)(=O)c2cccnc2)CC1. The molecule has 1 aromatic carbocycles. The third kappa shape index (κ3) is 3.67. The molecule has 2 aromatic rings. The first-order chi connectivity index (χ1) is 11.9. The molecule has 6 nitrogen and oxygen atoms in total. The Hall–Kier alpha value is -2.39. The van der Waals surface area contributed by atoms with Crippen molar-refractivity contribution in [1.29, 1.82) is 0 Å². The van der Waals surface area contributed by atoms with Gasteiger partial charge in [0.25, 0.3) is 5.91 Å². The van der Waals surface area contributed by atoms with Gasteiger partial charge in [0.1, 0.15) is 16.5 Å². The maximum Gasteiger partial charge on any atom is 0.254 e. The van der Waals surface area contributed by atoms with Gasteiger partial charge in [-0.1, -0.05) is 0 Å². The largest absolute Gasteiger partial charge is 0.336 e. The number of carbonyl (C=O) groups excluding carboxylic acids is 1. The quantitative estimate of drug-likeness (QED) is 0.825. The summed E-state index contributed by atoms with van der Waals surface area (Å²) < 4.78 is 52.8. The molecule has 1 aliphatic heterocycles. The number of piperazine rings is 1. The molecule has 0 aliphatic carbocycles. The average Bonchev–Trinajstić information content (AvgIpc) is 2.61. The van der Waals surface area contributed by atoms with Gasteiger partial charge in [-0.2, -0.15) is 4.31 Å². The number of aromatic nitrogens is 1. The van der Waals surface area contributed by atoms with Crippen LogP contribution < -0.4 is 0 Å². The Labute approximate surface area is 143 Å². The summed E-state index contributed by atoms with van der Waals surface area (Å²) >= 11 is 0. The number of amides is 1. The van der Waals surface area contributed by atoms with Crippen molar-refractivity contribution in [3.05, 3.63) is 59.9 Å². The fourth-order valence-electron chi connectivity index (χ4n) is 2.64. The van der Waals surface area contributed by atoms with E-state index in [1.54, 1.807) is 0 Å². The highest BCUT2D eigenvalue weighted by Crippen LogP contribution is 2.18. The van der Waals surface area contributed by atoms with Crippen molar-refractivity contribution in [2.75, 3.05) is 26.2 Å². The van der Waals surface area contributed by atoms with Crippen molar-refractivity contribution in [1.82, 2.24) is 14.2 Å². The van der Waals surface area contributed by atoms with Gasteiger partial charge in [0.2, 0.25) is 10.0 Å². The summed E-state index contributed by atoms with van der Waals surface area (Å²) in [6, 6.07) is 5.60. The van der Waals surface area contributed by atoms with Crippen molar-refractivity contribution in [3.63, 3.8) is 0 Å². The number of nitrogens with zero attached hydrogens (tertiary/aromatic N) is 3. The minimum absolute atomic E-state index is 0.0852. The number of benzene rings is 1. The van der Waals surface area contributed by atoms with E-state index in [9.17, 15) is 22.0 Å². The summed E-state index contributed by atoms with van der Waals surface area (Å²) in [4.78, 5) is 17.6. The van der Waals surface area contributed by atoms with Crippen LogP contribution in [-0.2, 0) is 10.0 Å². The molecule has 3 rings (SSSR count). The molecule has 0 unspecified atom stereocenters. The van der Waals surface area contributed by atoms with Crippen LogP contribution in [0, 0.1) is 11.6 Å². The van der Waals surface area contributed by atoms with Gasteiger partial charge < -0.3 is 4.90 Å². The Kier molecular flexibility index (Phi) is 4.78. The first-order valence-electron chi connectivity index (χ1n) is 7.53. The lowest BCUT2D eigenvalue weighted by molar-refractivity contribution is 0.0697. The van der Waals surface area contributed by atoms with E-state index in [1.165, 1.54) is 33.7 Å². The smallest absolute Gasteiger partial charge is 0.254 e. The zero-order chi connectivity index (χ0) is 18.0. The molecule has 1 aromatic heterocycles. The van der Waals surface area contributed by atoms with Crippen molar-refractivity contribution >= 4 is 15.9 Å². The van der Waals surface area contributed by atoms with Crippen LogP contribution in [0.2, 0.25) is 0 Å². The Morgan fingerprint density at radius 2 is 1.68 bits per heavy atom. The predicted molar refractivity (Wildman–Crippen MR) is 85.3 cm³/mol. The molecule has 1 amide bonds. The summed E-state index contributed by atoms with van der Waals surface area (Å²) in [5.41, 5.74) is -0.0962. The third-order valence-corrected chi connectivity index (χ3v) is 5.79. The normalized spacial score (nSPS) is 16.0. The maximum absolute atomic E-state index is 13.3. The number of rotatable bonds is 3. The second kappa shape index (κ2) is 6.85. The molecule has 0 bridgehead atoms. The zero-order valence-electron chi connectivity index (χ0n) is 13.1. The van der Waals surface area contributed by atoms with Crippen LogP contribution in [0.4, 0.5) is 8.78 Å². The molecule has 0 saturated carbocycles. The highest BCUT2D eigenvalue weighted by molar-refractivity contribution is 7.89. The number of sulfonamides is 1. The molecule has 132 valence electrons. The Morgan fingerprint density at radius 1 is 1.04 bits per heavy atom. The Morgan fingerprint density at radius 3 is 2.24 bits per heavy atom. The third-order valence-electron chi connectivity index (χ3n) is 3.91. The summed E-state index contributed by atoms with van der Waals surface area (Å²) in [5.74, 6) is -2.20. The molecule has 0 spiro atoms. The predicted octanol–water partition coefficient (Wildman–Crippen LogP) is 1.51. The number of hydrogen-bond donors (Lipinski definition) is 0. The number of hydrogen-bond acceptors (Lipinski definition) is 4. The first kappa shape index (κ1) is 17.4. The lowest BCUT2D eigenvalue weighted by Gasteiger charge is -2.34. The highest BCUT2D eigenvalue weighted by Gasteiger charge is 2.30. The van der Waals surface area contributed by atoms with Gasteiger partial charge in [0.15, 0.2) is 0 Å². The second-order valence-electron chi connectivity index (χ2n) is 5.54. The Balaban J connectivity index is 1.70. The molecular formula is C16H15F2N3O3S. The molecule has 25 heavy (non-hydrogen) atoms. The second-order valence-corrected chi connectivity index (χ2v) is 7.48. The van der Waals surface area contributed by atoms with E-state index in [1.807, 2.05) is 0 Å². The van der Waals surface area contributed by atoms with E-state index in [0.717, 1.165) is 12.1 Å². The van der Waals surface area contributed by atoms with E-state index in [0.29, 0.717) is 6.07 Å². The van der Waals surface area contributed by atoms with Crippen molar-refractivity contribution in [2.45, 2.75) is 4.90 Å². The van der Waals surface area contributed by atoms with Crippen LogP contribution >= 0.6 is 0 Å². The summed E-state index contributed by atoms with van der Waals surface area (Å²) in [5, 5.41) is 0. The number of pyridine rings is 1. The number of carbonyl (C=O) groups is 1. The molecule has 2 heterocycles. The van der Waals surface area contributed by atoms with Crippen LogP contribution in [0.3, 0.4) is 0 Å². The molecule has 0 atom stereocenters. The minimum Gasteiger partial charge on any atom is -0.336 e.